The van der Waals surface area contributed by atoms with E-state index in [2.05, 4.69) is 30.0 Å². The molecule has 0 bridgehead atoms. The highest BCUT2D eigenvalue weighted by molar-refractivity contribution is 7.22. The summed E-state index contributed by atoms with van der Waals surface area (Å²) in [5.41, 5.74) is 3.11. The summed E-state index contributed by atoms with van der Waals surface area (Å²) < 4.78 is 6.90. The molecule has 0 spiro atoms. The lowest BCUT2D eigenvalue weighted by molar-refractivity contribution is 0.0746. The van der Waals surface area contributed by atoms with Crippen molar-refractivity contribution >= 4 is 32.6 Å². The molecule has 0 N–H and O–H groups in total. The molecule has 3 aromatic rings. The Morgan fingerprint density at radius 2 is 1.83 bits per heavy atom. The Morgan fingerprint density at radius 1 is 1.10 bits per heavy atom. The van der Waals surface area contributed by atoms with Crippen LogP contribution in [0, 0.1) is 0 Å². The van der Waals surface area contributed by atoms with Gasteiger partial charge in [0.15, 0.2) is 5.13 Å². The molecule has 0 unspecified atom stereocenters. The van der Waals surface area contributed by atoms with Crippen molar-refractivity contribution in [3.05, 3.63) is 53.6 Å². The second-order valence-electron chi connectivity index (χ2n) is 7.62. The molecule has 5 nitrogen and oxygen atoms in total. The molecular weight excluding hydrogens is 382 g/mol. The van der Waals surface area contributed by atoms with E-state index >= 15 is 0 Å². The molecule has 1 aromatic heterocycles. The number of nitrogens with zero attached hydrogens (tertiary/aromatic N) is 3. The molecule has 4 rings (SSSR count). The van der Waals surface area contributed by atoms with E-state index in [0.29, 0.717) is 18.7 Å². The van der Waals surface area contributed by atoms with Gasteiger partial charge in [-0.05, 0) is 62.2 Å². The van der Waals surface area contributed by atoms with Gasteiger partial charge in [-0.3, -0.25) is 4.79 Å². The third-order valence-corrected chi connectivity index (χ3v) is 6.24. The number of anilines is 1. The van der Waals surface area contributed by atoms with Crippen LogP contribution in [0.3, 0.4) is 0 Å². The highest BCUT2D eigenvalue weighted by Crippen LogP contribution is 2.30. The molecule has 6 heteroatoms. The van der Waals surface area contributed by atoms with Gasteiger partial charge in [0.25, 0.3) is 5.91 Å². The largest absolute Gasteiger partial charge is 0.491 e. The summed E-state index contributed by atoms with van der Waals surface area (Å²) in [6.07, 6.45) is 1.16. The molecule has 0 saturated carbocycles. The van der Waals surface area contributed by atoms with Crippen LogP contribution in [-0.4, -0.2) is 48.1 Å². The first kappa shape index (κ1) is 19.7. The molecule has 0 radical (unpaired) electrons. The second-order valence-corrected chi connectivity index (χ2v) is 8.63. The number of ether oxygens (including phenoxy) is 1. The fourth-order valence-corrected chi connectivity index (χ4v) is 4.62. The van der Waals surface area contributed by atoms with E-state index in [1.807, 2.05) is 43.0 Å². The molecule has 0 atom stereocenters. The molecule has 1 amide bonds. The van der Waals surface area contributed by atoms with Crippen molar-refractivity contribution in [2.75, 3.05) is 31.1 Å². The Morgan fingerprint density at radius 3 is 2.48 bits per heavy atom. The van der Waals surface area contributed by atoms with Gasteiger partial charge in [0.2, 0.25) is 0 Å². The summed E-state index contributed by atoms with van der Waals surface area (Å²) in [5.74, 6) is 0.876. The zero-order valence-electron chi connectivity index (χ0n) is 17.2. The van der Waals surface area contributed by atoms with Crippen LogP contribution in [0.25, 0.3) is 10.2 Å². The van der Waals surface area contributed by atoms with Crippen molar-refractivity contribution in [2.45, 2.75) is 33.3 Å². The lowest BCUT2D eigenvalue weighted by Gasteiger charge is -2.34. The Bertz CT molecular complexity index is 989. The number of benzene rings is 2. The molecule has 1 aliphatic heterocycles. The number of rotatable bonds is 5. The summed E-state index contributed by atoms with van der Waals surface area (Å²) in [6.45, 7) is 9.18. The van der Waals surface area contributed by atoms with Gasteiger partial charge < -0.3 is 14.5 Å². The van der Waals surface area contributed by atoms with Crippen molar-refractivity contribution in [3.63, 3.8) is 0 Å². The zero-order valence-corrected chi connectivity index (χ0v) is 18.0. The monoisotopic (exact) mass is 409 g/mol. The van der Waals surface area contributed by atoms with Crippen molar-refractivity contribution in [1.29, 1.82) is 0 Å². The Labute approximate surface area is 175 Å². The lowest BCUT2D eigenvalue weighted by atomic mass is 10.1. The van der Waals surface area contributed by atoms with Crippen molar-refractivity contribution in [3.8, 4) is 5.75 Å². The molecule has 0 aliphatic carbocycles. The van der Waals surface area contributed by atoms with Crippen LogP contribution < -0.4 is 9.64 Å². The van der Waals surface area contributed by atoms with Gasteiger partial charge in [0, 0.05) is 31.7 Å². The first-order valence-corrected chi connectivity index (χ1v) is 11.1. The summed E-state index contributed by atoms with van der Waals surface area (Å²) >= 11 is 1.74. The van der Waals surface area contributed by atoms with Gasteiger partial charge in [-0.1, -0.05) is 24.3 Å². The molecule has 1 aliphatic rings. The van der Waals surface area contributed by atoms with E-state index in [9.17, 15) is 4.79 Å². The molecule has 1 fully saturated rings. The number of hydrogen-bond acceptors (Lipinski definition) is 5. The van der Waals surface area contributed by atoms with E-state index in [-0.39, 0.29) is 12.0 Å². The zero-order chi connectivity index (χ0) is 20.4. The number of piperazine rings is 1. The Kier molecular flexibility index (Phi) is 5.72. The molecule has 1 saturated heterocycles. The summed E-state index contributed by atoms with van der Waals surface area (Å²) in [4.78, 5) is 21.9. The van der Waals surface area contributed by atoms with Crippen LogP contribution >= 0.6 is 11.3 Å². The quantitative estimate of drug-likeness (QED) is 0.617. The second kappa shape index (κ2) is 8.41. The highest BCUT2D eigenvalue weighted by Gasteiger charge is 2.24. The maximum absolute atomic E-state index is 12.8. The highest BCUT2D eigenvalue weighted by atomic mass is 32.1. The number of hydrogen-bond donors (Lipinski definition) is 0. The number of amides is 1. The van der Waals surface area contributed by atoms with E-state index in [4.69, 9.17) is 9.72 Å². The number of aryl methyl sites for hydroxylation is 1. The molecular formula is C23H27N3O2S. The third kappa shape index (κ3) is 4.37. The topological polar surface area (TPSA) is 45.7 Å². The van der Waals surface area contributed by atoms with Crippen molar-refractivity contribution < 1.29 is 9.53 Å². The van der Waals surface area contributed by atoms with E-state index in [1.165, 1.54) is 10.3 Å². The minimum Gasteiger partial charge on any atom is -0.491 e. The van der Waals surface area contributed by atoms with Gasteiger partial charge >= 0.3 is 0 Å². The third-order valence-electron chi connectivity index (χ3n) is 5.16. The average molecular weight is 410 g/mol. The summed E-state index contributed by atoms with van der Waals surface area (Å²) in [7, 11) is 0. The first-order chi connectivity index (χ1) is 14.0. The number of aromatic nitrogens is 1. The average Bonchev–Trinajstić information content (AvgIpc) is 3.16. The molecule has 2 aromatic carbocycles. The van der Waals surface area contributed by atoms with E-state index < -0.39 is 0 Å². The summed E-state index contributed by atoms with van der Waals surface area (Å²) in [6, 6.07) is 13.9. The van der Waals surface area contributed by atoms with Gasteiger partial charge in [-0.25, -0.2) is 4.98 Å². The minimum atomic E-state index is 0.0811. The van der Waals surface area contributed by atoms with Crippen LogP contribution in [0.15, 0.2) is 42.5 Å². The van der Waals surface area contributed by atoms with Crippen LogP contribution in [0.5, 0.6) is 5.75 Å². The van der Waals surface area contributed by atoms with Gasteiger partial charge in [0.05, 0.1) is 16.3 Å². The standard InChI is InChI=1S/C23H27N3O2S/c1-4-17-5-10-20-21(15-17)29-23(24-20)26-13-11-25(12-14-26)22(27)18-6-8-19(9-7-18)28-16(2)3/h5-10,15-16H,4,11-14H2,1-3H3. The van der Waals surface area contributed by atoms with Crippen LogP contribution in [0.1, 0.15) is 36.7 Å². The first-order valence-electron chi connectivity index (χ1n) is 10.2. The van der Waals surface area contributed by atoms with E-state index in [0.717, 1.165) is 35.9 Å². The van der Waals surface area contributed by atoms with E-state index in [1.54, 1.807) is 11.3 Å². The predicted octanol–water partition coefficient (Wildman–Crippen LogP) is 4.61. The van der Waals surface area contributed by atoms with Crippen LogP contribution in [-0.2, 0) is 6.42 Å². The Hall–Kier alpha value is -2.60. The van der Waals surface area contributed by atoms with Crippen LogP contribution in [0.2, 0.25) is 0 Å². The van der Waals surface area contributed by atoms with Gasteiger partial charge in [0.1, 0.15) is 5.75 Å². The van der Waals surface area contributed by atoms with Crippen molar-refractivity contribution in [1.82, 2.24) is 9.88 Å². The van der Waals surface area contributed by atoms with Crippen molar-refractivity contribution in [2.24, 2.45) is 0 Å². The number of carbonyl (C=O) groups is 1. The van der Waals surface area contributed by atoms with Gasteiger partial charge in [-0.2, -0.15) is 0 Å². The molecule has 152 valence electrons. The fraction of sp³-hybridized carbons (Fsp3) is 0.391. The predicted molar refractivity (Wildman–Crippen MR) is 119 cm³/mol. The fourth-order valence-electron chi connectivity index (χ4n) is 3.54. The van der Waals surface area contributed by atoms with Crippen LogP contribution in [0.4, 0.5) is 5.13 Å². The number of thiazole rings is 1. The minimum absolute atomic E-state index is 0.0811. The smallest absolute Gasteiger partial charge is 0.253 e. The number of carbonyl (C=O) groups excluding carboxylic acids is 1. The summed E-state index contributed by atoms with van der Waals surface area (Å²) in [5, 5.41) is 1.05. The normalized spacial score (nSPS) is 14.6. The Balaban J connectivity index is 1.39. The molecule has 2 heterocycles. The maximum atomic E-state index is 12.8. The van der Waals surface area contributed by atoms with Gasteiger partial charge in [-0.15, -0.1) is 0 Å². The maximum Gasteiger partial charge on any atom is 0.253 e. The SMILES string of the molecule is CCc1ccc2nc(N3CCN(C(=O)c4ccc(OC(C)C)cc4)CC3)sc2c1. The lowest BCUT2D eigenvalue weighted by Crippen LogP contribution is -2.48. The number of fused-ring (bicyclic) bond motifs is 1. The molecule has 29 heavy (non-hydrogen) atoms.